The molecule has 0 spiro atoms. The summed E-state index contributed by atoms with van der Waals surface area (Å²) >= 11 is 0. The summed E-state index contributed by atoms with van der Waals surface area (Å²) in [5.74, 6) is 0.120. The number of carbonyl (C=O) groups is 2. The minimum Gasteiger partial charge on any atom is -0.381 e. The van der Waals surface area contributed by atoms with E-state index >= 15 is 0 Å². The van der Waals surface area contributed by atoms with Crippen LogP contribution in [0, 0.1) is 11.3 Å². The molecule has 1 saturated carbocycles. The van der Waals surface area contributed by atoms with Crippen molar-refractivity contribution in [1.29, 1.82) is 0 Å². The van der Waals surface area contributed by atoms with Crippen molar-refractivity contribution < 1.29 is 18.0 Å². The number of nitrogens with two attached hydrogens (primary N) is 1. The number of sulfone groups is 1. The maximum absolute atomic E-state index is 13.3. The molecule has 2 N–H and O–H groups in total. The zero-order chi connectivity index (χ0) is 26.4. The Hall–Kier alpha value is -3.47. The Bertz CT molecular complexity index is 1600. The quantitative estimate of drug-likeness (QED) is 0.545. The highest BCUT2D eigenvalue weighted by Gasteiger charge is 2.41. The summed E-state index contributed by atoms with van der Waals surface area (Å²) in [4.78, 5) is 38.6. The van der Waals surface area contributed by atoms with Crippen LogP contribution in [0.1, 0.15) is 60.0 Å². The van der Waals surface area contributed by atoms with E-state index in [9.17, 15) is 18.0 Å². The van der Waals surface area contributed by atoms with E-state index in [0.717, 1.165) is 19.1 Å². The van der Waals surface area contributed by atoms with Gasteiger partial charge in [0.15, 0.2) is 21.3 Å². The number of nitrogens with zero attached hydrogens (tertiary/aromatic N) is 5. The number of hydrogen-bond donors (Lipinski definition) is 1. The second kappa shape index (κ2) is 7.77. The third-order valence-electron chi connectivity index (χ3n) is 7.75. The maximum atomic E-state index is 13.3. The summed E-state index contributed by atoms with van der Waals surface area (Å²) in [6.45, 7) is 7.85. The Morgan fingerprint density at radius 2 is 1.92 bits per heavy atom. The lowest BCUT2D eigenvalue weighted by Gasteiger charge is -2.45. The van der Waals surface area contributed by atoms with Gasteiger partial charge in [-0.2, -0.15) is 0 Å². The number of benzene rings is 1. The fraction of sp³-hybridized carbons (Fsp3) is 0.462. The molecule has 194 valence electrons. The Labute approximate surface area is 215 Å². The molecule has 6 rings (SSSR count). The molecule has 1 aliphatic carbocycles. The molecule has 3 aliphatic rings. The molecular weight excluding hydrogens is 492 g/mol. The van der Waals surface area contributed by atoms with Gasteiger partial charge in [0.25, 0.3) is 11.8 Å². The molecule has 2 fully saturated rings. The number of rotatable bonds is 5. The van der Waals surface area contributed by atoms with Crippen LogP contribution in [0.5, 0.6) is 0 Å². The van der Waals surface area contributed by atoms with E-state index in [1.807, 2.05) is 13.0 Å². The van der Waals surface area contributed by atoms with Gasteiger partial charge >= 0.3 is 0 Å². The predicted octanol–water partition coefficient (Wildman–Crippen LogP) is 2.62. The van der Waals surface area contributed by atoms with Crippen LogP contribution in [0.2, 0.25) is 0 Å². The Morgan fingerprint density at radius 3 is 2.54 bits per heavy atom. The lowest BCUT2D eigenvalue weighted by molar-refractivity contribution is 0.0230. The van der Waals surface area contributed by atoms with Crippen LogP contribution in [0.4, 0.5) is 5.82 Å². The largest absolute Gasteiger partial charge is 0.381 e. The smallest absolute Gasteiger partial charge is 0.274 e. The standard InChI is InChI=1S/C26H30N6O4S/c1-14(15-5-6-15)31-10-17-7-16(8-20(37(4,35)36)21(17)25(31)34)19-9-28-23-22(27)29-18(11-32(19)23)24(33)30-12-26(2,3)13-30/h7-9,11,14-15H,5-6,10,12-13H2,1-4H3,(H2,27,29)/t14-/m0/s1. The van der Waals surface area contributed by atoms with E-state index in [1.165, 1.54) is 6.07 Å². The molecule has 1 atom stereocenters. The zero-order valence-electron chi connectivity index (χ0n) is 21.4. The highest BCUT2D eigenvalue weighted by molar-refractivity contribution is 7.90. The van der Waals surface area contributed by atoms with Crippen LogP contribution in [0.15, 0.2) is 29.4 Å². The molecule has 1 saturated heterocycles. The van der Waals surface area contributed by atoms with Gasteiger partial charge in [0.2, 0.25) is 0 Å². The minimum atomic E-state index is -3.70. The van der Waals surface area contributed by atoms with Gasteiger partial charge in [0, 0.05) is 43.7 Å². The molecule has 3 aromatic rings. The van der Waals surface area contributed by atoms with E-state index in [-0.39, 0.29) is 45.2 Å². The number of amides is 2. The van der Waals surface area contributed by atoms with Crippen LogP contribution in [0.3, 0.4) is 0 Å². The molecule has 11 heteroatoms. The van der Waals surface area contributed by atoms with Crippen LogP contribution in [-0.2, 0) is 16.4 Å². The number of likely N-dealkylation sites (tertiary alicyclic amines) is 1. The van der Waals surface area contributed by atoms with Gasteiger partial charge in [0.1, 0.15) is 5.69 Å². The van der Waals surface area contributed by atoms with Crippen LogP contribution >= 0.6 is 0 Å². The number of carbonyl (C=O) groups excluding carboxylic acids is 2. The highest BCUT2D eigenvalue weighted by Crippen LogP contribution is 2.41. The summed E-state index contributed by atoms with van der Waals surface area (Å²) < 4.78 is 27.4. The Kier molecular flexibility index (Phi) is 5.02. The number of anilines is 1. The summed E-state index contributed by atoms with van der Waals surface area (Å²) in [5, 5.41) is 0. The van der Waals surface area contributed by atoms with E-state index in [2.05, 4.69) is 23.8 Å². The summed E-state index contributed by atoms with van der Waals surface area (Å²) in [5.41, 5.74) is 8.89. The predicted molar refractivity (Wildman–Crippen MR) is 138 cm³/mol. The number of imidazole rings is 1. The van der Waals surface area contributed by atoms with Crippen LogP contribution in [-0.4, -0.2) is 69.8 Å². The first-order valence-corrected chi connectivity index (χ1v) is 14.3. The van der Waals surface area contributed by atoms with E-state index in [4.69, 9.17) is 5.73 Å². The van der Waals surface area contributed by atoms with Crippen LogP contribution in [0.25, 0.3) is 16.9 Å². The normalized spacial score (nSPS) is 19.7. The number of hydrogen-bond acceptors (Lipinski definition) is 7. The summed E-state index contributed by atoms with van der Waals surface area (Å²) in [6.07, 6.45) is 6.47. The topological polar surface area (TPSA) is 131 Å². The van der Waals surface area contributed by atoms with Crippen molar-refractivity contribution in [2.75, 3.05) is 25.1 Å². The van der Waals surface area contributed by atoms with E-state index in [0.29, 0.717) is 48.0 Å². The van der Waals surface area contributed by atoms with Crippen molar-refractivity contribution in [3.63, 3.8) is 0 Å². The molecule has 1 aromatic carbocycles. The third kappa shape index (κ3) is 3.87. The van der Waals surface area contributed by atoms with Crippen LogP contribution < -0.4 is 5.73 Å². The SMILES string of the molecule is C[C@@H](C1CC1)N1Cc2cc(-c3cnc4c(N)nc(C(=O)N5CC(C)(C)C5)cn34)cc(S(C)(=O)=O)c2C1=O. The zero-order valence-corrected chi connectivity index (χ0v) is 22.2. The molecule has 4 heterocycles. The molecule has 10 nitrogen and oxygen atoms in total. The number of fused-ring (bicyclic) bond motifs is 2. The minimum absolute atomic E-state index is 0.00610. The molecule has 2 aromatic heterocycles. The average molecular weight is 523 g/mol. The van der Waals surface area contributed by atoms with Gasteiger partial charge in [0.05, 0.1) is 22.3 Å². The maximum Gasteiger partial charge on any atom is 0.274 e. The van der Waals surface area contributed by atoms with Crippen molar-refractivity contribution in [2.45, 2.75) is 51.1 Å². The highest BCUT2D eigenvalue weighted by atomic mass is 32.2. The van der Waals surface area contributed by atoms with Crippen molar-refractivity contribution >= 4 is 33.1 Å². The monoisotopic (exact) mass is 522 g/mol. The lowest BCUT2D eigenvalue weighted by atomic mass is 9.84. The van der Waals surface area contributed by atoms with Gasteiger partial charge < -0.3 is 15.5 Å². The first-order valence-electron chi connectivity index (χ1n) is 12.5. The molecule has 0 radical (unpaired) electrons. The van der Waals surface area contributed by atoms with Gasteiger partial charge in [-0.05, 0) is 48.8 Å². The van der Waals surface area contributed by atoms with Crippen molar-refractivity contribution in [1.82, 2.24) is 24.2 Å². The number of nitrogen functional groups attached to an aromatic ring is 1. The third-order valence-corrected chi connectivity index (χ3v) is 8.87. The molecule has 2 amide bonds. The Balaban J connectivity index is 1.45. The molecule has 2 aliphatic heterocycles. The van der Waals surface area contributed by atoms with Gasteiger partial charge in [-0.15, -0.1) is 0 Å². The van der Waals surface area contributed by atoms with Gasteiger partial charge in [-0.25, -0.2) is 18.4 Å². The van der Waals surface area contributed by atoms with E-state index < -0.39 is 9.84 Å². The first kappa shape index (κ1) is 23.9. The van der Waals surface area contributed by atoms with E-state index in [1.54, 1.807) is 26.6 Å². The lowest BCUT2D eigenvalue weighted by Crippen LogP contribution is -2.55. The average Bonchev–Trinajstić information content (AvgIpc) is 3.48. The summed E-state index contributed by atoms with van der Waals surface area (Å²) in [7, 11) is -3.70. The van der Waals surface area contributed by atoms with Crippen molar-refractivity contribution in [2.24, 2.45) is 11.3 Å². The fourth-order valence-corrected chi connectivity index (χ4v) is 6.59. The van der Waals surface area contributed by atoms with Gasteiger partial charge in [-0.3, -0.25) is 14.0 Å². The fourth-order valence-electron chi connectivity index (χ4n) is 5.66. The Morgan fingerprint density at radius 1 is 1.22 bits per heavy atom. The molecule has 37 heavy (non-hydrogen) atoms. The van der Waals surface area contributed by atoms with Crippen molar-refractivity contribution in [3.8, 4) is 11.3 Å². The second-order valence-electron chi connectivity index (χ2n) is 11.5. The molecular formula is C26H30N6O4S. The molecule has 0 unspecified atom stereocenters. The molecule has 0 bridgehead atoms. The van der Waals surface area contributed by atoms with Gasteiger partial charge in [-0.1, -0.05) is 13.8 Å². The number of aromatic nitrogens is 3. The summed E-state index contributed by atoms with van der Waals surface area (Å²) in [6, 6.07) is 3.43. The second-order valence-corrected chi connectivity index (χ2v) is 13.4. The van der Waals surface area contributed by atoms with Crippen molar-refractivity contribution in [3.05, 3.63) is 41.3 Å². The first-order chi connectivity index (χ1) is 17.3.